The van der Waals surface area contributed by atoms with Gasteiger partial charge in [-0.3, -0.25) is 4.79 Å². The number of hydrogen-bond acceptors (Lipinski definition) is 3. The molecule has 1 aromatic carbocycles. The Hall–Kier alpha value is -1.35. The largest absolute Gasteiger partial charge is 0.494 e. The molecule has 0 fully saturated rings. The molecule has 0 aliphatic heterocycles. The Balaban J connectivity index is 2.91. The summed E-state index contributed by atoms with van der Waals surface area (Å²) in [5.41, 5.74) is 1.76. The molecule has 0 saturated heterocycles. The first-order valence-corrected chi connectivity index (χ1v) is 6.75. The zero-order valence-electron chi connectivity index (χ0n) is 12.3. The van der Waals surface area contributed by atoms with E-state index in [9.17, 15) is 4.79 Å². The molecule has 19 heavy (non-hydrogen) atoms. The molecule has 0 atom stereocenters. The summed E-state index contributed by atoms with van der Waals surface area (Å²) in [6, 6.07) is 5.71. The first kappa shape index (κ1) is 15.7. The third-order valence-electron chi connectivity index (χ3n) is 3.00. The van der Waals surface area contributed by atoms with E-state index in [1.54, 1.807) is 13.0 Å². The Bertz CT molecular complexity index is 430. The maximum atomic E-state index is 11.6. The lowest BCUT2D eigenvalue weighted by molar-refractivity contribution is 0.101. The van der Waals surface area contributed by atoms with E-state index >= 15 is 0 Å². The number of ketones is 1. The SMILES string of the molecule is CC(=O)c1cc(OCCCCO)cc(C(C)(C)C)c1. The quantitative estimate of drug-likeness (QED) is 0.633. The van der Waals surface area contributed by atoms with Crippen LogP contribution in [0.25, 0.3) is 0 Å². The normalized spacial score (nSPS) is 11.4. The predicted molar refractivity (Wildman–Crippen MR) is 77.0 cm³/mol. The predicted octanol–water partition coefficient (Wildman–Crippen LogP) is 3.34. The number of benzene rings is 1. The van der Waals surface area contributed by atoms with Gasteiger partial charge in [-0.2, -0.15) is 0 Å². The summed E-state index contributed by atoms with van der Waals surface area (Å²) in [6.45, 7) is 8.65. The first-order valence-electron chi connectivity index (χ1n) is 6.75. The lowest BCUT2D eigenvalue weighted by Gasteiger charge is -2.21. The number of unbranched alkanes of at least 4 members (excludes halogenated alkanes) is 1. The second-order valence-corrected chi connectivity index (χ2v) is 5.83. The lowest BCUT2D eigenvalue weighted by atomic mass is 9.85. The summed E-state index contributed by atoms with van der Waals surface area (Å²) in [5, 5.41) is 8.73. The fourth-order valence-corrected chi connectivity index (χ4v) is 1.72. The second kappa shape index (κ2) is 6.71. The topological polar surface area (TPSA) is 46.5 Å². The molecule has 1 N–H and O–H groups in total. The number of ether oxygens (including phenoxy) is 1. The monoisotopic (exact) mass is 264 g/mol. The van der Waals surface area contributed by atoms with E-state index in [0.717, 1.165) is 24.2 Å². The molecule has 0 saturated carbocycles. The van der Waals surface area contributed by atoms with Gasteiger partial charge in [-0.15, -0.1) is 0 Å². The Labute approximate surface area is 115 Å². The fourth-order valence-electron chi connectivity index (χ4n) is 1.72. The van der Waals surface area contributed by atoms with Gasteiger partial charge in [0.25, 0.3) is 0 Å². The minimum Gasteiger partial charge on any atom is -0.494 e. The molecule has 106 valence electrons. The summed E-state index contributed by atoms with van der Waals surface area (Å²) in [6.07, 6.45) is 1.55. The summed E-state index contributed by atoms with van der Waals surface area (Å²) in [5.74, 6) is 0.780. The summed E-state index contributed by atoms with van der Waals surface area (Å²) in [7, 11) is 0. The van der Waals surface area contributed by atoms with Gasteiger partial charge in [0.05, 0.1) is 6.61 Å². The Morgan fingerprint density at radius 1 is 1.21 bits per heavy atom. The number of aliphatic hydroxyl groups is 1. The van der Waals surface area contributed by atoms with E-state index in [1.807, 2.05) is 12.1 Å². The van der Waals surface area contributed by atoms with E-state index in [0.29, 0.717) is 12.2 Å². The van der Waals surface area contributed by atoms with Crippen LogP contribution in [0, 0.1) is 0 Å². The zero-order valence-corrected chi connectivity index (χ0v) is 12.3. The molecule has 3 heteroatoms. The number of hydrogen-bond donors (Lipinski definition) is 1. The molecule has 3 nitrogen and oxygen atoms in total. The van der Waals surface area contributed by atoms with E-state index < -0.39 is 0 Å². The van der Waals surface area contributed by atoms with Gasteiger partial charge in [-0.25, -0.2) is 0 Å². The highest BCUT2D eigenvalue weighted by molar-refractivity contribution is 5.94. The molecule has 0 heterocycles. The van der Waals surface area contributed by atoms with Crippen molar-refractivity contribution in [3.8, 4) is 5.75 Å². The van der Waals surface area contributed by atoms with Crippen LogP contribution in [0.4, 0.5) is 0 Å². The molecule has 0 unspecified atom stereocenters. The van der Waals surface area contributed by atoms with Crippen LogP contribution in [0.5, 0.6) is 5.75 Å². The zero-order chi connectivity index (χ0) is 14.5. The average Bonchev–Trinajstić information content (AvgIpc) is 2.33. The van der Waals surface area contributed by atoms with Crippen LogP contribution in [0.2, 0.25) is 0 Å². The van der Waals surface area contributed by atoms with Gasteiger partial charge in [0.2, 0.25) is 0 Å². The third kappa shape index (κ3) is 5.03. The van der Waals surface area contributed by atoms with Crippen LogP contribution in [0.3, 0.4) is 0 Å². The van der Waals surface area contributed by atoms with Crippen LogP contribution < -0.4 is 4.74 Å². The molecular weight excluding hydrogens is 240 g/mol. The molecule has 0 bridgehead atoms. The minimum atomic E-state index is -0.0192. The molecular formula is C16H24O3. The van der Waals surface area contributed by atoms with Gasteiger partial charge >= 0.3 is 0 Å². The van der Waals surface area contributed by atoms with Crippen LogP contribution in [-0.4, -0.2) is 24.1 Å². The highest BCUT2D eigenvalue weighted by atomic mass is 16.5. The van der Waals surface area contributed by atoms with Gasteiger partial charge in [-0.1, -0.05) is 20.8 Å². The average molecular weight is 264 g/mol. The molecule has 0 aromatic heterocycles. The standard InChI is InChI=1S/C16H24O3/c1-12(18)13-9-14(16(2,3)4)11-15(10-13)19-8-6-5-7-17/h9-11,17H,5-8H2,1-4H3. The van der Waals surface area contributed by atoms with Crippen molar-refractivity contribution < 1.29 is 14.6 Å². The van der Waals surface area contributed by atoms with E-state index in [2.05, 4.69) is 20.8 Å². The number of carbonyl (C=O) groups is 1. The highest BCUT2D eigenvalue weighted by Gasteiger charge is 2.16. The van der Waals surface area contributed by atoms with Crippen molar-refractivity contribution in [2.75, 3.05) is 13.2 Å². The minimum absolute atomic E-state index is 0.0192. The molecule has 1 rings (SSSR count). The van der Waals surface area contributed by atoms with Crippen molar-refractivity contribution in [2.24, 2.45) is 0 Å². The summed E-state index contributed by atoms with van der Waals surface area (Å²) < 4.78 is 5.67. The molecule has 0 aliphatic rings. The van der Waals surface area contributed by atoms with E-state index in [4.69, 9.17) is 9.84 Å². The molecule has 1 aromatic rings. The highest BCUT2D eigenvalue weighted by Crippen LogP contribution is 2.28. The van der Waals surface area contributed by atoms with E-state index in [-0.39, 0.29) is 17.8 Å². The maximum absolute atomic E-state index is 11.6. The van der Waals surface area contributed by atoms with Crippen molar-refractivity contribution in [2.45, 2.75) is 46.0 Å². The second-order valence-electron chi connectivity index (χ2n) is 5.83. The Morgan fingerprint density at radius 2 is 1.89 bits per heavy atom. The van der Waals surface area contributed by atoms with Crippen LogP contribution in [0.15, 0.2) is 18.2 Å². The number of aliphatic hydroxyl groups excluding tert-OH is 1. The van der Waals surface area contributed by atoms with Crippen LogP contribution in [-0.2, 0) is 5.41 Å². The van der Waals surface area contributed by atoms with Crippen molar-refractivity contribution in [3.05, 3.63) is 29.3 Å². The molecule has 0 aliphatic carbocycles. The Kier molecular flexibility index (Phi) is 5.55. The van der Waals surface area contributed by atoms with Crippen molar-refractivity contribution in [3.63, 3.8) is 0 Å². The lowest BCUT2D eigenvalue weighted by Crippen LogP contribution is -2.13. The van der Waals surface area contributed by atoms with Crippen molar-refractivity contribution >= 4 is 5.78 Å². The van der Waals surface area contributed by atoms with Gasteiger partial charge in [0, 0.05) is 12.2 Å². The van der Waals surface area contributed by atoms with Gasteiger partial charge in [-0.05, 0) is 48.9 Å². The van der Waals surface area contributed by atoms with Crippen LogP contribution >= 0.6 is 0 Å². The summed E-state index contributed by atoms with van der Waals surface area (Å²) >= 11 is 0. The van der Waals surface area contributed by atoms with E-state index in [1.165, 1.54) is 0 Å². The van der Waals surface area contributed by atoms with Crippen molar-refractivity contribution in [1.29, 1.82) is 0 Å². The van der Waals surface area contributed by atoms with Gasteiger partial charge < -0.3 is 9.84 Å². The molecule has 0 radical (unpaired) electrons. The third-order valence-corrected chi connectivity index (χ3v) is 3.00. The summed E-state index contributed by atoms with van der Waals surface area (Å²) in [4.78, 5) is 11.6. The van der Waals surface area contributed by atoms with Crippen molar-refractivity contribution in [1.82, 2.24) is 0 Å². The number of Topliss-reactive ketones (excluding diaryl/α,β-unsaturated/α-hetero) is 1. The smallest absolute Gasteiger partial charge is 0.159 e. The van der Waals surface area contributed by atoms with Gasteiger partial charge in [0.1, 0.15) is 5.75 Å². The molecule has 0 spiro atoms. The van der Waals surface area contributed by atoms with Crippen LogP contribution in [0.1, 0.15) is 56.5 Å². The first-order chi connectivity index (χ1) is 8.84. The Morgan fingerprint density at radius 3 is 2.42 bits per heavy atom. The molecule has 0 amide bonds. The van der Waals surface area contributed by atoms with Gasteiger partial charge in [0.15, 0.2) is 5.78 Å². The maximum Gasteiger partial charge on any atom is 0.159 e. The number of carbonyl (C=O) groups excluding carboxylic acids is 1. The number of rotatable bonds is 6. The fraction of sp³-hybridized carbons (Fsp3) is 0.562.